The largest absolute Gasteiger partial charge is 1.00 e. The summed E-state index contributed by atoms with van der Waals surface area (Å²) in [6, 6.07) is 0. The molecule has 0 aliphatic carbocycles. The van der Waals surface area contributed by atoms with Crippen LogP contribution >= 0.6 is 0 Å². The molecule has 0 saturated heterocycles. The first-order chi connectivity index (χ1) is 13.5. The van der Waals surface area contributed by atoms with Crippen LogP contribution in [0.1, 0.15) is 122 Å². The molecule has 0 rings (SSSR count). The number of unbranched alkanes of at least 4 members (excludes halogenated alkanes) is 15. The number of rotatable bonds is 21. The SMILES string of the molecule is CCCCCCCCCCCCCCCCCC([O-])=NCCCCS(=O)(=O)O.[K+]. The van der Waals surface area contributed by atoms with Gasteiger partial charge in [0.05, 0.1) is 5.75 Å². The molecular weight excluding hydrogens is 413 g/mol. The van der Waals surface area contributed by atoms with Crippen LogP contribution in [-0.4, -0.2) is 31.2 Å². The van der Waals surface area contributed by atoms with Crippen molar-refractivity contribution >= 4 is 16.0 Å². The van der Waals surface area contributed by atoms with Crippen molar-refractivity contribution in [1.29, 1.82) is 0 Å². The molecule has 0 spiro atoms. The van der Waals surface area contributed by atoms with E-state index in [0.29, 0.717) is 25.8 Å². The zero-order valence-electron chi connectivity index (χ0n) is 19.2. The Bertz CT molecular complexity index is 469. The number of nitrogens with zero attached hydrogens (tertiary/aromatic N) is 1. The van der Waals surface area contributed by atoms with Gasteiger partial charge in [-0.15, -0.1) is 0 Å². The van der Waals surface area contributed by atoms with Crippen molar-refractivity contribution in [3.8, 4) is 0 Å². The molecule has 0 saturated carbocycles. The number of hydrogen-bond donors (Lipinski definition) is 1. The Balaban J connectivity index is 0. The van der Waals surface area contributed by atoms with Crippen molar-refractivity contribution in [2.24, 2.45) is 4.99 Å². The van der Waals surface area contributed by atoms with Crippen LogP contribution in [0.4, 0.5) is 0 Å². The molecule has 5 nitrogen and oxygen atoms in total. The first-order valence-corrected chi connectivity index (χ1v) is 13.2. The second-order valence-corrected chi connectivity index (χ2v) is 9.54. The fourth-order valence-electron chi connectivity index (χ4n) is 3.33. The molecular formula is C22H44KNO4S. The summed E-state index contributed by atoms with van der Waals surface area (Å²) >= 11 is 0. The van der Waals surface area contributed by atoms with Crippen LogP contribution in [-0.2, 0) is 10.1 Å². The van der Waals surface area contributed by atoms with Gasteiger partial charge in [-0.2, -0.15) is 8.42 Å². The summed E-state index contributed by atoms with van der Waals surface area (Å²) < 4.78 is 29.7. The average molecular weight is 458 g/mol. The molecule has 0 aliphatic heterocycles. The summed E-state index contributed by atoms with van der Waals surface area (Å²) in [7, 11) is -3.89. The van der Waals surface area contributed by atoms with Gasteiger partial charge in [-0.3, -0.25) is 4.55 Å². The molecule has 0 aromatic carbocycles. The molecule has 0 radical (unpaired) electrons. The van der Waals surface area contributed by atoms with E-state index in [0.717, 1.165) is 12.8 Å². The fraction of sp³-hybridized carbons (Fsp3) is 0.955. The molecule has 0 aliphatic rings. The predicted octanol–water partition coefficient (Wildman–Crippen LogP) is 2.68. The van der Waals surface area contributed by atoms with Crippen LogP contribution in [0.25, 0.3) is 0 Å². The molecule has 0 aromatic rings. The maximum atomic E-state index is 11.6. The standard InChI is InChI=1S/C22H45NO4S.K/c1-2-3-4-5-6-7-8-9-10-11-12-13-14-15-16-19-22(24)23-20-17-18-21-28(25,26)27;/h2-21H2,1H3,(H,23,24)(H,25,26,27);/q;+1/p-1. The predicted molar refractivity (Wildman–Crippen MR) is 117 cm³/mol. The van der Waals surface area contributed by atoms with E-state index in [1.807, 2.05) is 0 Å². The van der Waals surface area contributed by atoms with E-state index < -0.39 is 10.1 Å². The normalized spacial score (nSPS) is 12.1. The molecule has 1 N–H and O–H groups in total. The zero-order valence-corrected chi connectivity index (χ0v) is 23.1. The summed E-state index contributed by atoms with van der Waals surface area (Å²) in [4.78, 5) is 3.93. The Kier molecular flexibility index (Phi) is 26.3. The second kappa shape index (κ2) is 23.7. The van der Waals surface area contributed by atoms with Crippen molar-refractivity contribution in [2.75, 3.05) is 12.3 Å². The van der Waals surface area contributed by atoms with Gasteiger partial charge in [0.2, 0.25) is 0 Å². The van der Waals surface area contributed by atoms with Gasteiger partial charge >= 0.3 is 51.4 Å². The molecule has 0 heterocycles. The van der Waals surface area contributed by atoms with Gasteiger partial charge in [-0.25, -0.2) is 0 Å². The van der Waals surface area contributed by atoms with E-state index in [1.54, 1.807) is 0 Å². The van der Waals surface area contributed by atoms with E-state index >= 15 is 0 Å². The molecule has 0 unspecified atom stereocenters. The summed E-state index contributed by atoms with van der Waals surface area (Å²) in [5.74, 6) is -0.336. The van der Waals surface area contributed by atoms with Crippen LogP contribution < -0.4 is 56.5 Å². The van der Waals surface area contributed by atoms with Crippen molar-refractivity contribution < 1.29 is 69.5 Å². The Morgan fingerprint density at radius 1 is 0.724 bits per heavy atom. The van der Waals surface area contributed by atoms with Gasteiger partial charge in [0.25, 0.3) is 10.1 Å². The molecule has 168 valence electrons. The van der Waals surface area contributed by atoms with Crippen LogP contribution in [0, 0.1) is 0 Å². The Morgan fingerprint density at radius 3 is 1.55 bits per heavy atom. The zero-order chi connectivity index (χ0) is 20.9. The Morgan fingerprint density at radius 2 is 1.14 bits per heavy atom. The van der Waals surface area contributed by atoms with Crippen LogP contribution in [0.15, 0.2) is 4.99 Å². The quantitative estimate of drug-likeness (QED) is 0.0943. The molecule has 7 heteroatoms. The smallest absolute Gasteiger partial charge is 0.862 e. The van der Waals surface area contributed by atoms with E-state index in [-0.39, 0.29) is 63.0 Å². The minimum absolute atomic E-state index is 0. The van der Waals surface area contributed by atoms with E-state index in [9.17, 15) is 13.5 Å². The monoisotopic (exact) mass is 457 g/mol. The summed E-state index contributed by atoms with van der Waals surface area (Å²) in [5.41, 5.74) is 0. The summed E-state index contributed by atoms with van der Waals surface area (Å²) in [5, 5.41) is 11.6. The topological polar surface area (TPSA) is 89.8 Å². The van der Waals surface area contributed by atoms with Crippen molar-refractivity contribution in [1.82, 2.24) is 0 Å². The van der Waals surface area contributed by atoms with E-state index in [2.05, 4.69) is 11.9 Å². The van der Waals surface area contributed by atoms with Crippen LogP contribution in [0.5, 0.6) is 0 Å². The molecule has 0 bridgehead atoms. The Labute approximate surface area is 223 Å². The van der Waals surface area contributed by atoms with Gasteiger partial charge in [-0.05, 0) is 31.6 Å². The van der Waals surface area contributed by atoms with Gasteiger partial charge in [0, 0.05) is 6.54 Å². The Hall–Kier alpha value is 1.02. The van der Waals surface area contributed by atoms with Crippen LogP contribution in [0.3, 0.4) is 0 Å². The summed E-state index contributed by atoms with van der Waals surface area (Å²) in [6.07, 6.45) is 20.9. The fourth-order valence-corrected chi connectivity index (χ4v) is 3.90. The molecule has 29 heavy (non-hydrogen) atoms. The van der Waals surface area contributed by atoms with Gasteiger partial charge in [0.1, 0.15) is 0 Å². The molecule has 0 fully saturated rings. The van der Waals surface area contributed by atoms with Gasteiger partial charge < -0.3 is 10.1 Å². The summed E-state index contributed by atoms with van der Waals surface area (Å²) in [6.45, 7) is 2.62. The number of hydrogen-bond acceptors (Lipinski definition) is 4. The average Bonchev–Trinajstić information content (AvgIpc) is 2.63. The number of aliphatic imine (C=N–C) groups is 1. The maximum Gasteiger partial charge on any atom is 1.00 e. The third-order valence-corrected chi connectivity index (χ3v) is 5.90. The minimum Gasteiger partial charge on any atom is -0.862 e. The van der Waals surface area contributed by atoms with Crippen molar-refractivity contribution in [3.63, 3.8) is 0 Å². The van der Waals surface area contributed by atoms with Crippen molar-refractivity contribution in [2.45, 2.75) is 122 Å². The molecule has 0 atom stereocenters. The van der Waals surface area contributed by atoms with Gasteiger partial charge in [0.15, 0.2) is 0 Å². The first-order valence-electron chi connectivity index (χ1n) is 11.6. The minimum atomic E-state index is -3.89. The maximum absolute atomic E-state index is 11.6. The van der Waals surface area contributed by atoms with Crippen molar-refractivity contribution in [3.05, 3.63) is 0 Å². The van der Waals surface area contributed by atoms with Crippen LogP contribution in [0.2, 0.25) is 0 Å². The molecule has 0 aromatic heterocycles. The van der Waals surface area contributed by atoms with E-state index in [4.69, 9.17) is 4.55 Å². The third-order valence-electron chi connectivity index (χ3n) is 5.09. The second-order valence-electron chi connectivity index (χ2n) is 7.97. The molecule has 0 amide bonds. The van der Waals surface area contributed by atoms with E-state index in [1.165, 1.54) is 83.5 Å². The first kappa shape index (κ1) is 32.2. The third kappa shape index (κ3) is 29.0. The van der Waals surface area contributed by atoms with Gasteiger partial charge in [-0.1, -0.05) is 96.8 Å².